The molecule has 1 amide bonds. The van der Waals surface area contributed by atoms with E-state index < -0.39 is 0 Å². The average molecular weight is 280 g/mol. The van der Waals surface area contributed by atoms with Crippen LogP contribution in [0.25, 0.3) is 0 Å². The van der Waals surface area contributed by atoms with E-state index in [0.717, 1.165) is 43.7 Å². The van der Waals surface area contributed by atoms with Gasteiger partial charge in [-0.05, 0) is 68.2 Å². The van der Waals surface area contributed by atoms with Gasteiger partial charge in [0, 0.05) is 13.0 Å². The van der Waals surface area contributed by atoms with Gasteiger partial charge in [-0.1, -0.05) is 20.3 Å². The van der Waals surface area contributed by atoms with Crippen molar-refractivity contribution in [3.8, 4) is 0 Å². The van der Waals surface area contributed by atoms with E-state index in [1.54, 1.807) is 0 Å². The molecular formula is C17H32N2O. The number of rotatable bonds is 8. The lowest BCUT2D eigenvalue weighted by atomic mass is 9.87. The average Bonchev–Trinajstić information content (AvgIpc) is 3.03. The Labute approximate surface area is 124 Å². The summed E-state index contributed by atoms with van der Waals surface area (Å²) in [6.45, 7) is 6.11. The van der Waals surface area contributed by atoms with Crippen molar-refractivity contribution in [1.82, 2.24) is 5.32 Å². The molecule has 0 radical (unpaired) electrons. The number of hydrogen-bond donors (Lipinski definition) is 2. The lowest BCUT2D eigenvalue weighted by molar-refractivity contribution is -0.121. The van der Waals surface area contributed by atoms with Gasteiger partial charge in [0.1, 0.15) is 0 Å². The van der Waals surface area contributed by atoms with Gasteiger partial charge in [0.2, 0.25) is 5.91 Å². The standard InChI is InChI=1S/C17H32N2O/c1-12(2)14(7-8-18)5-6-17(20)19-11-16-10-13-3-4-15(16)9-13/h12-16H,3-11,18H2,1-2H3,(H,19,20). The first kappa shape index (κ1) is 15.8. The minimum Gasteiger partial charge on any atom is -0.356 e. The summed E-state index contributed by atoms with van der Waals surface area (Å²) in [6.07, 6.45) is 8.30. The van der Waals surface area contributed by atoms with E-state index in [2.05, 4.69) is 19.2 Å². The van der Waals surface area contributed by atoms with E-state index in [-0.39, 0.29) is 5.91 Å². The third kappa shape index (κ3) is 4.21. The fourth-order valence-corrected chi connectivity index (χ4v) is 4.30. The fourth-order valence-electron chi connectivity index (χ4n) is 4.30. The molecule has 2 aliphatic carbocycles. The van der Waals surface area contributed by atoms with Crippen molar-refractivity contribution >= 4 is 5.91 Å². The maximum absolute atomic E-state index is 12.0. The summed E-state index contributed by atoms with van der Waals surface area (Å²) in [4.78, 5) is 12.0. The molecular weight excluding hydrogens is 248 g/mol. The molecule has 2 fully saturated rings. The van der Waals surface area contributed by atoms with Crippen molar-refractivity contribution in [2.75, 3.05) is 13.1 Å². The van der Waals surface area contributed by atoms with Crippen LogP contribution >= 0.6 is 0 Å². The Balaban J connectivity index is 1.62. The van der Waals surface area contributed by atoms with E-state index in [9.17, 15) is 4.79 Å². The van der Waals surface area contributed by atoms with Crippen LogP contribution in [0.3, 0.4) is 0 Å². The minimum atomic E-state index is 0.246. The van der Waals surface area contributed by atoms with Gasteiger partial charge in [-0.3, -0.25) is 4.79 Å². The van der Waals surface area contributed by atoms with Gasteiger partial charge in [-0.2, -0.15) is 0 Å². The predicted octanol–water partition coefficient (Wildman–Crippen LogP) is 2.94. The molecule has 3 nitrogen and oxygen atoms in total. The van der Waals surface area contributed by atoms with Gasteiger partial charge in [0.05, 0.1) is 0 Å². The molecule has 20 heavy (non-hydrogen) atoms. The molecule has 2 saturated carbocycles. The number of fused-ring (bicyclic) bond motifs is 2. The SMILES string of the molecule is CC(C)C(CCN)CCC(=O)NCC1CC2CCC1C2. The molecule has 0 aliphatic heterocycles. The lowest BCUT2D eigenvalue weighted by Crippen LogP contribution is -2.32. The summed E-state index contributed by atoms with van der Waals surface area (Å²) < 4.78 is 0. The molecule has 2 rings (SSSR count). The number of amides is 1. The van der Waals surface area contributed by atoms with Crippen molar-refractivity contribution in [2.45, 2.75) is 58.8 Å². The van der Waals surface area contributed by atoms with Crippen molar-refractivity contribution in [3.63, 3.8) is 0 Å². The number of carbonyl (C=O) groups is 1. The smallest absolute Gasteiger partial charge is 0.220 e. The summed E-state index contributed by atoms with van der Waals surface area (Å²) >= 11 is 0. The van der Waals surface area contributed by atoms with Gasteiger partial charge in [0.15, 0.2) is 0 Å². The van der Waals surface area contributed by atoms with Crippen LogP contribution in [0.15, 0.2) is 0 Å². The summed E-state index contributed by atoms with van der Waals surface area (Å²) in [7, 11) is 0. The van der Waals surface area contributed by atoms with Crippen LogP contribution in [-0.2, 0) is 4.79 Å². The first-order valence-corrected chi connectivity index (χ1v) is 8.57. The van der Waals surface area contributed by atoms with Crippen LogP contribution in [0.4, 0.5) is 0 Å². The summed E-state index contributed by atoms with van der Waals surface area (Å²) in [5.41, 5.74) is 5.65. The zero-order chi connectivity index (χ0) is 14.5. The Hall–Kier alpha value is -0.570. The van der Waals surface area contributed by atoms with Crippen LogP contribution in [0.5, 0.6) is 0 Å². The number of hydrogen-bond acceptors (Lipinski definition) is 2. The molecule has 0 aromatic carbocycles. The van der Waals surface area contributed by atoms with Crippen LogP contribution in [0, 0.1) is 29.6 Å². The monoisotopic (exact) mass is 280 g/mol. The third-order valence-electron chi connectivity index (χ3n) is 5.67. The highest BCUT2D eigenvalue weighted by molar-refractivity contribution is 5.75. The van der Waals surface area contributed by atoms with Gasteiger partial charge in [-0.15, -0.1) is 0 Å². The predicted molar refractivity (Wildman–Crippen MR) is 83.2 cm³/mol. The Morgan fingerprint density at radius 2 is 2.05 bits per heavy atom. The lowest BCUT2D eigenvalue weighted by Gasteiger charge is -2.23. The summed E-state index contributed by atoms with van der Waals surface area (Å²) in [6, 6.07) is 0. The first-order chi connectivity index (χ1) is 9.60. The van der Waals surface area contributed by atoms with E-state index in [1.807, 2.05) is 0 Å². The molecule has 0 aromatic heterocycles. The van der Waals surface area contributed by atoms with Crippen LogP contribution in [0.2, 0.25) is 0 Å². The van der Waals surface area contributed by atoms with Gasteiger partial charge in [-0.25, -0.2) is 0 Å². The van der Waals surface area contributed by atoms with Crippen molar-refractivity contribution in [2.24, 2.45) is 35.3 Å². The molecule has 0 heterocycles. The highest BCUT2D eigenvalue weighted by Gasteiger charge is 2.39. The van der Waals surface area contributed by atoms with Gasteiger partial charge in [0.25, 0.3) is 0 Å². The molecule has 0 spiro atoms. The summed E-state index contributed by atoms with van der Waals surface area (Å²) in [5.74, 6) is 4.10. The Bertz CT molecular complexity index is 308. The maximum atomic E-state index is 12.0. The number of carbonyl (C=O) groups excluding carboxylic acids is 1. The molecule has 0 aromatic rings. The molecule has 3 N–H and O–H groups in total. The quantitative estimate of drug-likeness (QED) is 0.718. The molecule has 3 heteroatoms. The van der Waals surface area contributed by atoms with Crippen molar-refractivity contribution in [1.29, 1.82) is 0 Å². The molecule has 2 aliphatic rings. The van der Waals surface area contributed by atoms with E-state index in [1.165, 1.54) is 25.7 Å². The second kappa shape index (κ2) is 7.44. The van der Waals surface area contributed by atoms with E-state index in [4.69, 9.17) is 5.73 Å². The van der Waals surface area contributed by atoms with Crippen molar-refractivity contribution in [3.05, 3.63) is 0 Å². The van der Waals surface area contributed by atoms with E-state index in [0.29, 0.717) is 18.3 Å². The third-order valence-corrected chi connectivity index (χ3v) is 5.67. The second-order valence-corrected chi connectivity index (χ2v) is 7.36. The van der Waals surface area contributed by atoms with Crippen molar-refractivity contribution < 1.29 is 4.79 Å². The maximum Gasteiger partial charge on any atom is 0.220 e. The van der Waals surface area contributed by atoms with E-state index >= 15 is 0 Å². The Morgan fingerprint density at radius 1 is 1.25 bits per heavy atom. The largest absolute Gasteiger partial charge is 0.356 e. The second-order valence-electron chi connectivity index (χ2n) is 7.36. The normalized spacial score (nSPS) is 29.9. The Kier molecular flexibility index (Phi) is 5.88. The van der Waals surface area contributed by atoms with Crippen LogP contribution in [-0.4, -0.2) is 19.0 Å². The summed E-state index contributed by atoms with van der Waals surface area (Å²) in [5, 5.41) is 3.18. The minimum absolute atomic E-state index is 0.246. The highest BCUT2D eigenvalue weighted by atomic mass is 16.1. The Morgan fingerprint density at radius 3 is 2.60 bits per heavy atom. The number of nitrogens with two attached hydrogens (primary N) is 1. The highest BCUT2D eigenvalue weighted by Crippen LogP contribution is 2.47. The van der Waals surface area contributed by atoms with Crippen LogP contribution < -0.4 is 11.1 Å². The topological polar surface area (TPSA) is 55.1 Å². The molecule has 116 valence electrons. The molecule has 2 bridgehead atoms. The molecule has 0 saturated heterocycles. The zero-order valence-electron chi connectivity index (χ0n) is 13.2. The van der Waals surface area contributed by atoms with Crippen LogP contribution in [0.1, 0.15) is 58.8 Å². The van der Waals surface area contributed by atoms with Gasteiger partial charge < -0.3 is 11.1 Å². The molecule has 4 unspecified atom stereocenters. The first-order valence-electron chi connectivity index (χ1n) is 8.57. The van der Waals surface area contributed by atoms with Gasteiger partial charge >= 0.3 is 0 Å². The molecule has 4 atom stereocenters. The number of nitrogens with one attached hydrogen (secondary N) is 1. The fraction of sp³-hybridized carbons (Fsp3) is 0.941. The zero-order valence-corrected chi connectivity index (χ0v) is 13.2.